The van der Waals surface area contributed by atoms with Gasteiger partial charge >= 0.3 is 0 Å². The Morgan fingerprint density at radius 3 is 2.37 bits per heavy atom. The maximum atomic E-state index is 14.6. The summed E-state index contributed by atoms with van der Waals surface area (Å²) < 4.78 is 7.55. The summed E-state index contributed by atoms with van der Waals surface area (Å²) >= 11 is 0. The number of aromatic nitrogens is 2. The molecule has 0 saturated heterocycles. The summed E-state index contributed by atoms with van der Waals surface area (Å²) in [5.74, 6) is -0.245. The number of anilines is 1. The molecular weight excluding hydrogens is 654 g/mol. The number of nitrogens with zero attached hydrogens (tertiary/aromatic N) is 4. The fourth-order valence-corrected chi connectivity index (χ4v) is 6.77. The Balaban J connectivity index is 1.32. The van der Waals surface area contributed by atoms with Gasteiger partial charge in [0.15, 0.2) is 12.3 Å². The Morgan fingerprint density at radius 1 is 0.904 bits per heavy atom. The van der Waals surface area contributed by atoms with Crippen molar-refractivity contribution in [2.24, 2.45) is 0 Å². The summed E-state index contributed by atoms with van der Waals surface area (Å²) in [4.78, 5) is 45.1. The molecule has 10 nitrogen and oxygen atoms in total. The maximum absolute atomic E-state index is 14.6. The number of carbonyl (C=O) groups is 3. The highest BCUT2D eigenvalue weighted by Gasteiger charge is 2.32. The van der Waals surface area contributed by atoms with Gasteiger partial charge in [-0.1, -0.05) is 87.4 Å². The van der Waals surface area contributed by atoms with Crippen molar-refractivity contribution in [3.8, 4) is 11.4 Å². The van der Waals surface area contributed by atoms with Crippen LogP contribution < -0.4 is 10.1 Å². The minimum atomic E-state index is -0.441. The van der Waals surface area contributed by atoms with Crippen molar-refractivity contribution in [3.05, 3.63) is 119 Å². The molecule has 0 radical (unpaired) electrons. The van der Waals surface area contributed by atoms with E-state index in [4.69, 9.17) is 9.84 Å². The largest absolute Gasteiger partial charge is 0.483 e. The Morgan fingerprint density at radius 2 is 1.62 bits per heavy atom. The summed E-state index contributed by atoms with van der Waals surface area (Å²) in [6, 6.07) is 27.8. The predicted molar refractivity (Wildman–Crippen MR) is 203 cm³/mol. The van der Waals surface area contributed by atoms with Crippen molar-refractivity contribution >= 4 is 34.2 Å². The van der Waals surface area contributed by atoms with Gasteiger partial charge in [-0.05, 0) is 73.0 Å². The number of hydrogen-bond donors (Lipinski definition) is 2. The third-order valence-corrected chi connectivity index (χ3v) is 9.63. The van der Waals surface area contributed by atoms with E-state index in [0.717, 1.165) is 47.6 Å². The van der Waals surface area contributed by atoms with Crippen molar-refractivity contribution in [2.45, 2.75) is 65.5 Å². The molecule has 2 N–H and O–H groups in total. The van der Waals surface area contributed by atoms with Gasteiger partial charge in [0.25, 0.3) is 17.7 Å². The SMILES string of the molecule is CCCCN(CCCC)C(=O)c1cc(C)n(-c2ccc(NC(=O)COc3cccc4ccccc34)cc2C(=O)N2Cc3ccccc3CC2CO)n1. The molecule has 1 atom stereocenters. The topological polar surface area (TPSA) is 117 Å². The van der Waals surface area contributed by atoms with Crippen molar-refractivity contribution in [3.63, 3.8) is 0 Å². The number of rotatable bonds is 14. The van der Waals surface area contributed by atoms with Crippen LogP contribution >= 0.6 is 0 Å². The first-order valence-electron chi connectivity index (χ1n) is 18.2. The van der Waals surface area contributed by atoms with Crippen LogP contribution in [0.5, 0.6) is 5.75 Å². The molecule has 0 fully saturated rings. The predicted octanol–water partition coefficient (Wildman–Crippen LogP) is 6.95. The van der Waals surface area contributed by atoms with Gasteiger partial charge in [0.2, 0.25) is 0 Å². The zero-order valence-corrected chi connectivity index (χ0v) is 30.2. The highest BCUT2D eigenvalue weighted by molar-refractivity contribution is 6.01. The molecule has 6 rings (SSSR count). The molecule has 1 aliphatic heterocycles. The minimum Gasteiger partial charge on any atom is -0.483 e. The molecule has 1 aliphatic rings. The number of fused-ring (bicyclic) bond motifs is 2. The van der Waals surface area contributed by atoms with Crippen LogP contribution in [-0.4, -0.2) is 74.8 Å². The number of aliphatic hydroxyl groups is 1. The van der Waals surface area contributed by atoms with Crippen LogP contribution in [0, 0.1) is 6.92 Å². The van der Waals surface area contributed by atoms with Crippen LogP contribution in [0.2, 0.25) is 0 Å². The van der Waals surface area contributed by atoms with Gasteiger partial charge in [0.05, 0.1) is 23.9 Å². The molecule has 52 heavy (non-hydrogen) atoms. The summed E-state index contributed by atoms with van der Waals surface area (Å²) in [5.41, 5.74) is 4.26. The van der Waals surface area contributed by atoms with E-state index in [1.165, 1.54) is 0 Å². The van der Waals surface area contributed by atoms with Gasteiger partial charge in [-0.25, -0.2) is 4.68 Å². The molecule has 0 aliphatic carbocycles. The lowest BCUT2D eigenvalue weighted by molar-refractivity contribution is -0.118. The van der Waals surface area contributed by atoms with E-state index < -0.39 is 6.04 Å². The number of aliphatic hydroxyl groups excluding tert-OH is 1. The smallest absolute Gasteiger partial charge is 0.274 e. The quantitative estimate of drug-likeness (QED) is 0.129. The van der Waals surface area contributed by atoms with Gasteiger partial charge < -0.3 is 25.0 Å². The van der Waals surface area contributed by atoms with E-state index in [-0.39, 0.29) is 36.5 Å². The highest BCUT2D eigenvalue weighted by Crippen LogP contribution is 2.30. The zero-order valence-electron chi connectivity index (χ0n) is 30.2. The summed E-state index contributed by atoms with van der Waals surface area (Å²) in [6.07, 6.45) is 4.27. The Bertz CT molecular complexity index is 2040. The summed E-state index contributed by atoms with van der Waals surface area (Å²) in [7, 11) is 0. The second-order valence-electron chi connectivity index (χ2n) is 13.4. The number of aryl methyl sites for hydroxylation is 1. The van der Waals surface area contributed by atoms with Gasteiger partial charge in [-0.2, -0.15) is 5.10 Å². The van der Waals surface area contributed by atoms with Gasteiger partial charge in [-0.15, -0.1) is 0 Å². The lowest BCUT2D eigenvalue weighted by Crippen LogP contribution is -2.46. The van der Waals surface area contributed by atoms with Crippen molar-refractivity contribution < 1.29 is 24.2 Å². The van der Waals surface area contributed by atoms with Crippen LogP contribution in [0.25, 0.3) is 16.5 Å². The molecule has 270 valence electrons. The molecule has 0 bridgehead atoms. The van der Waals surface area contributed by atoms with E-state index in [0.29, 0.717) is 54.6 Å². The third-order valence-electron chi connectivity index (χ3n) is 9.63. The van der Waals surface area contributed by atoms with Crippen LogP contribution in [0.3, 0.4) is 0 Å². The van der Waals surface area contributed by atoms with E-state index in [1.807, 2.05) is 78.6 Å². The summed E-state index contributed by atoms with van der Waals surface area (Å²) in [5, 5.41) is 20.0. The number of ether oxygens (including phenoxy) is 1. The van der Waals surface area contributed by atoms with Gasteiger partial charge in [0.1, 0.15) is 5.75 Å². The molecule has 1 aromatic heterocycles. The van der Waals surface area contributed by atoms with E-state index in [2.05, 4.69) is 19.2 Å². The molecule has 5 aromatic rings. The first-order chi connectivity index (χ1) is 25.3. The minimum absolute atomic E-state index is 0.139. The normalized spacial score (nSPS) is 13.8. The van der Waals surface area contributed by atoms with Gasteiger partial charge in [-0.3, -0.25) is 14.4 Å². The van der Waals surface area contributed by atoms with Crippen LogP contribution in [0.4, 0.5) is 5.69 Å². The van der Waals surface area contributed by atoms with Crippen LogP contribution in [0.15, 0.2) is 91.0 Å². The fourth-order valence-electron chi connectivity index (χ4n) is 6.77. The van der Waals surface area contributed by atoms with E-state index in [1.54, 1.807) is 33.8 Å². The van der Waals surface area contributed by atoms with E-state index in [9.17, 15) is 19.5 Å². The molecule has 2 heterocycles. The van der Waals surface area contributed by atoms with E-state index >= 15 is 0 Å². The lowest BCUT2D eigenvalue weighted by atomic mass is 9.93. The number of amides is 3. The number of unbranched alkanes of at least 4 members (excludes halogenated alkanes) is 2. The van der Waals surface area contributed by atoms with Crippen molar-refractivity contribution in [2.75, 3.05) is 31.6 Å². The third kappa shape index (κ3) is 8.02. The monoisotopic (exact) mass is 701 g/mol. The molecule has 4 aromatic carbocycles. The maximum Gasteiger partial charge on any atom is 0.274 e. The number of benzene rings is 4. The average molecular weight is 702 g/mol. The zero-order chi connectivity index (χ0) is 36.6. The second-order valence-corrected chi connectivity index (χ2v) is 13.4. The van der Waals surface area contributed by atoms with Crippen LogP contribution in [-0.2, 0) is 17.8 Å². The molecular formula is C42H47N5O5. The Hall–Kier alpha value is -5.48. The molecule has 0 spiro atoms. The standard InChI is InChI=1S/C42H47N5O5/c1-4-6-21-45(22-7-5-2)42(51)37-23-29(3)47(44-37)38-20-19-33(43-40(49)28-52-39-18-12-16-30-13-10-11-17-35(30)39)25-36(38)41(50)46-26-32-15-9-8-14-31(32)24-34(46)27-48/h8-20,23,25,34,48H,4-7,21-22,24,26-28H2,1-3H3,(H,43,49). The highest BCUT2D eigenvalue weighted by atomic mass is 16.5. The number of carbonyl (C=O) groups excluding carboxylic acids is 3. The average Bonchev–Trinajstić information content (AvgIpc) is 3.56. The Kier molecular flexibility index (Phi) is 11.7. The number of hydrogen-bond acceptors (Lipinski definition) is 6. The second kappa shape index (κ2) is 16.7. The first kappa shape index (κ1) is 36.3. The molecule has 0 saturated carbocycles. The fraction of sp³-hybridized carbons (Fsp3) is 0.333. The lowest BCUT2D eigenvalue weighted by Gasteiger charge is -2.36. The molecule has 10 heteroatoms. The molecule has 1 unspecified atom stereocenters. The summed E-state index contributed by atoms with van der Waals surface area (Å²) in [6.45, 7) is 7.26. The molecule has 3 amide bonds. The van der Waals surface area contributed by atoms with Crippen LogP contribution in [0.1, 0.15) is 77.2 Å². The first-order valence-corrected chi connectivity index (χ1v) is 18.2. The van der Waals surface area contributed by atoms with Crippen molar-refractivity contribution in [1.82, 2.24) is 19.6 Å². The number of nitrogens with one attached hydrogen (secondary N) is 1. The Labute approximate surface area is 305 Å². The van der Waals surface area contributed by atoms with Gasteiger partial charge in [0, 0.05) is 36.4 Å². The van der Waals surface area contributed by atoms with Crippen molar-refractivity contribution in [1.29, 1.82) is 0 Å².